The highest BCUT2D eigenvalue weighted by Gasteiger charge is 2.29. The van der Waals surface area contributed by atoms with Crippen LogP contribution >= 0.6 is 0 Å². The molecular weight excluding hydrogens is 208 g/mol. The molecule has 0 saturated heterocycles. The van der Waals surface area contributed by atoms with Crippen molar-refractivity contribution in [2.24, 2.45) is 0 Å². The van der Waals surface area contributed by atoms with Crippen LogP contribution in [0.3, 0.4) is 0 Å². The fourth-order valence-corrected chi connectivity index (χ4v) is 1.95. The van der Waals surface area contributed by atoms with E-state index in [4.69, 9.17) is 9.84 Å². The first-order valence-corrected chi connectivity index (χ1v) is 5.17. The standard InChI is InChI=1S/C12H14O4/c1-12(2)4-3-8-9(11(14)15)5-7(13)6-10(8)16-12/h5-6,13H,3-4H2,1-2H3,(H,14,15). The zero-order valence-electron chi connectivity index (χ0n) is 9.28. The molecule has 1 aliphatic heterocycles. The maximum absolute atomic E-state index is 11.0. The summed E-state index contributed by atoms with van der Waals surface area (Å²) in [6.45, 7) is 3.89. The van der Waals surface area contributed by atoms with Gasteiger partial charge in [-0.05, 0) is 32.8 Å². The van der Waals surface area contributed by atoms with Crippen LogP contribution in [0.25, 0.3) is 0 Å². The number of phenolic OH excluding ortho intramolecular Hbond substituents is 1. The van der Waals surface area contributed by atoms with Crippen molar-refractivity contribution in [3.63, 3.8) is 0 Å². The van der Waals surface area contributed by atoms with Crippen LogP contribution in [0.2, 0.25) is 0 Å². The normalized spacial score (nSPS) is 17.4. The van der Waals surface area contributed by atoms with Gasteiger partial charge in [0.2, 0.25) is 0 Å². The highest BCUT2D eigenvalue weighted by molar-refractivity contribution is 5.91. The molecule has 0 radical (unpaired) electrons. The molecule has 0 amide bonds. The van der Waals surface area contributed by atoms with E-state index in [9.17, 15) is 9.90 Å². The average Bonchev–Trinajstić information content (AvgIpc) is 2.13. The van der Waals surface area contributed by atoms with Gasteiger partial charge in [-0.2, -0.15) is 0 Å². The number of rotatable bonds is 1. The van der Waals surface area contributed by atoms with E-state index >= 15 is 0 Å². The first kappa shape index (κ1) is 10.8. The van der Waals surface area contributed by atoms with Crippen molar-refractivity contribution in [3.05, 3.63) is 23.3 Å². The number of carboxylic acids is 1. The van der Waals surface area contributed by atoms with E-state index < -0.39 is 5.97 Å². The number of carbonyl (C=O) groups is 1. The Morgan fingerprint density at radius 2 is 2.12 bits per heavy atom. The predicted molar refractivity (Wildman–Crippen MR) is 58.1 cm³/mol. The van der Waals surface area contributed by atoms with Crippen molar-refractivity contribution in [2.75, 3.05) is 0 Å². The summed E-state index contributed by atoms with van der Waals surface area (Å²) in [4.78, 5) is 11.0. The van der Waals surface area contributed by atoms with Crippen LogP contribution in [0.1, 0.15) is 36.2 Å². The minimum atomic E-state index is -1.03. The van der Waals surface area contributed by atoms with Crippen molar-refractivity contribution in [3.8, 4) is 11.5 Å². The number of fused-ring (bicyclic) bond motifs is 1. The molecule has 0 fully saturated rings. The number of ether oxygens (including phenoxy) is 1. The van der Waals surface area contributed by atoms with Gasteiger partial charge in [0.1, 0.15) is 17.1 Å². The van der Waals surface area contributed by atoms with Crippen molar-refractivity contribution >= 4 is 5.97 Å². The maximum Gasteiger partial charge on any atom is 0.336 e. The molecule has 1 heterocycles. The molecule has 0 spiro atoms. The van der Waals surface area contributed by atoms with E-state index in [2.05, 4.69) is 0 Å². The highest BCUT2D eigenvalue weighted by atomic mass is 16.5. The summed E-state index contributed by atoms with van der Waals surface area (Å²) in [5.41, 5.74) is 0.492. The first-order chi connectivity index (χ1) is 7.39. The molecule has 4 nitrogen and oxygen atoms in total. The average molecular weight is 222 g/mol. The molecule has 1 aliphatic rings. The lowest BCUT2D eigenvalue weighted by Crippen LogP contribution is -2.33. The third-order valence-electron chi connectivity index (χ3n) is 2.79. The van der Waals surface area contributed by atoms with Crippen LogP contribution in [0.5, 0.6) is 11.5 Å². The summed E-state index contributed by atoms with van der Waals surface area (Å²) in [6.07, 6.45) is 1.43. The van der Waals surface area contributed by atoms with Crippen molar-refractivity contribution in [1.29, 1.82) is 0 Å². The van der Waals surface area contributed by atoms with Gasteiger partial charge in [-0.1, -0.05) is 0 Å². The largest absolute Gasteiger partial charge is 0.508 e. The van der Waals surface area contributed by atoms with Gasteiger partial charge >= 0.3 is 5.97 Å². The number of aromatic hydroxyl groups is 1. The smallest absolute Gasteiger partial charge is 0.336 e. The predicted octanol–water partition coefficient (Wildman–Crippen LogP) is 2.19. The Balaban J connectivity index is 2.54. The molecular formula is C12H14O4. The summed E-state index contributed by atoms with van der Waals surface area (Å²) in [7, 11) is 0. The van der Waals surface area contributed by atoms with Gasteiger partial charge in [0, 0.05) is 11.6 Å². The van der Waals surface area contributed by atoms with Crippen molar-refractivity contribution < 1.29 is 19.7 Å². The molecule has 1 aromatic carbocycles. The summed E-state index contributed by atoms with van der Waals surface area (Å²) >= 11 is 0. The van der Waals surface area contributed by atoms with Crippen LogP contribution in [-0.2, 0) is 6.42 Å². The Bertz CT molecular complexity index is 449. The van der Waals surface area contributed by atoms with Crippen molar-refractivity contribution in [1.82, 2.24) is 0 Å². The Hall–Kier alpha value is -1.71. The van der Waals surface area contributed by atoms with Gasteiger partial charge in [0.05, 0.1) is 5.56 Å². The number of carboxylic acid groups (broad SMARTS) is 1. The van der Waals surface area contributed by atoms with Gasteiger partial charge in [0.25, 0.3) is 0 Å². The minimum absolute atomic E-state index is 0.0751. The van der Waals surface area contributed by atoms with Gasteiger partial charge in [-0.25, -0.2) is 4.79 Å². The zero-order valence-corrected chi connectivity index (χ0v) is 9.28. The van der Waals surface area contributed by atoms with Gasteiger partial charge in [-0.15, -0.1) is 0 Å². The molecule has 0 aromatic heterocycles. The first-order valence-electron chi connectivity index (χ1n) is 5.17. The Morgan fingerprint density at radius 3 is 2.75 bits per heavy atom. The molecule has 2 rings (SSSR count). The molecule has 0 saturated carbocycles. The third kappa shape index (κ3) is 1.83. The summed E-state index contributed by atoms with van der Waals surface area (Å²) in [5, 5.41) is 18.5. The van der Waals surface area contributed by atoms with Gasteiger partial charge < -0.3 is 14.9 Å². The lowest BCUT2D eigenvalue weighted by Gasteiger charge is -2.33. The van der Waals surface area contributed by atoms with Crippen LogP contribution in [-0.4, -0.2) is 21.8 Å². The number of hydrogen-bond donors (Lipinski definition) is 2. The molecule has 0 atom stereocenters. The molecule has 4 heteroatoms. The molecule has 0 aliphatic carbocycles. The fourth-order valence-electron chi connectivity index (χ4n) is 1.95. The minimum Gasteiger partial charge on any atom is -0.508 e. The topological polar surface area (TPSA) is 66.8 Å². The highest BCUT2D eigenvalue weighted by Crippen LogP contribution is 2.37. The van der Waals surface area contributed by atoms with E-state index in [0.717, 1.165) is 6.42 Å². The second kappa shape index (κ2) is 3.40. The maximum atomic E-state index is 11.0. The number of aromatic carboxylic acids is 1. The number of benzene rings is 1. The van der Waals surface area contributed by atoms with Gasteiger partial charge in [-0.3, -0.25) is 0 Å². The van der Waals surface area contributed by atoms with Crippen LogP contribution < -0.4 is 4.74 Å². The van der Waals surface area contributed by atoms with Crippen LogP contribution in [0.4, 0.5) is 0 Å². The molecule has 0 unspecified atom stereocenters. The third-order valence-corrected chi connectivity index (χ3v) is 2.79. The van der Waals surface area contributed by atoms with E-state index in [1.54, 1.807) is 0 Å². The Morgan fingerprint density at radius 1 is 1.44 bits per heavy atom. The Kier molecular flexibility index (Phi) is 2.30. The molecule has 16 heavy (non-hydrogen) atoms. The number of phenols is 1. The monoisotopic (exact) mass is 222 g/mol. The fraction of sp³-hybridized carbons (Fsp3) is 0.417. The molecule has 86 valence electrons. The van der Waals surface area contributed by atoms with E-state index in [-0.39, 0.29) is 16.9 Å². The molecule has 0 bridgehead atoms. The lowest BCUT2D eigenvalue weighted by molar-refractivity contribution is 0.0672. The molecule has 2 N–H and O–H groups in total. The summed E-state index contributed by atoms with van der Waals surface area (Å²) in [6, 6.07) is 2.74. The molecule has 1 aromatic rings. The van der Waals surface area contributed by atoms with Crippen LogP contribution in [0, 0.1) is 0 Å². The quantitative estimate of drug-likeness (QED) is 0.764. The van der Waals surface area contributed by atoms with E-state index in [0.29, 0.717) is 17.7 Å². The number of hydrogen-bond acceptors (Lipinski definition) is 3. The summed E-state index contributed by atoms with van der Waals surface area (Å²) in [5.74, 6) is -0.627. The second-order valence-electron chi connectivity index (χ2n) is 4.64. The SMILES string of the molecule is CC1(C)CCc2c(cc(O)cc2C(=O)O)O1. The van der Waals surface area contributed by atoms with E-state index in [1.807, 2.05) is 13.8 Å². The van der Waals surface area contributed by atoms with Crippen LogP contribution in [0.15, 0.2) is 12.1 Å². The van der Waals surface area contributed by atoms with Gasteiger partial charge in [0.15, 0.2) is 0 Å². The van der Waals surface area contributed by atoms with E-state index in [1.165, 1.54) is 12.1 Å². The van der Waals surface area contributed by atoms with Crippen molar-refractivity contribution in [2.45, 2.75) is 32.3 Å². The zero-order chi connectivity index (χ0) is 11.9. The second-order valence-corrected chi connectivity index (χ2v) is 4.64. The lowest BCUT2D eigenvalue weighted by atomic mass is 9.91. The summed E-state index contributed by atoms with van der Waals surface area (Å²) < 4.78 is 5.67. The Labute approximate surface area is 93.5 Å².